The fourth-order valence-electron chi connectivity index (χ4n) is 3.47. The van der Waals surface area contributed by atoms with E-state index in [1.54, 1.807) is 27.9 Å². The molecule has 1 aliphatic rings. The first-order chi connectivity index (χ1) is 13.7. The molecule has 1 aromatic carbocycles. The van der Waals surface area contributed by atoms with Gasteiger partial charge in [-0.25, -0.2) is 9.59 Å². The van der Waals surface area contributed by atoms with Crippen molar-refractivity contribution in [2.45, 2.75) is 77.2 Å². The topological polar surface area (TPSA) is 94.1 Å². The molecule has 0 heterocycles. The van der Waals surface area contributed by atoms with Crippen LogP contribution in [0.1, 0.15) is 58.4 Å². The molecule has 1 aliphatic carbocycles. The normalized spacial score (nSPS) is 20.6. The highest BCUT2D eigenvalue weighted by Crippen LogP contribution is 2.30. The lowest BCUT2D eigenvalue weighted by Crippen LogP contribution is -2.44. The molecule has 0 bridgehead atoms. The third kappa shape index (κ3) is 8.31. The van der Waals surface area contributed by atoms with Crippen molar-refractivity contribution < 1.29 is 28.9 Å². The number of amides is 1. The summed E-state index contributed by atoms with van der Waals surface area (Å²) in [5.74, 6) is 0.0304. The predicted octanol–water partition coefficient (Wildman–Crippen LogP) is 4.14. The highest BCUT2D eigenvalue weighted by molar-refractivity contribution is 5.80. The molecule has 0 spiro atoms. The molecular formula is C22H33NO6. The molecule has 0 radical (unpaired) electrons. The number of rotatable bonds is 8. The predicted molar refractivity (Wildman–Crippen MR) is 109 cm³/mol. The fraction of sp³-hybridized carbons (Fsp3) is 0.636. The smallest absolute Gasteiger partial charge is 0.408 e. The Bertz CT molecular complexity index is 659. The molecule has 2 rings (SSSR count). The van der Waals surface area contributed by atoms with E-state index >= 15 is 0 Å². The number of aliphatic carboxylic acids is 1. The zero-order valence-corrected chi connectivity index (χ0v) is 17.8. The van der Waals surface area contributed by atoms with Gasteiger partial charge >= 0.3 is 12.1 Å². The van der Waals surface area contributed by atoms with E-state index in [9.17, 15) is 14.7 Å². The molecule has 1 amide bonds. The van der Waals surface area contributed by atoms with Gasteiger partial charge in [0.05, 0.1) is 19.8 Å². The van der Waals surface area contributed by atoms with E-state index in [1.165, 1.54) is 0 Å². The quantitative estimate of drug-likeness (QED) is 0.673. The Labute approximate surface area is 172 Å². The van der Waals surface area contributed by atoms with Crippen LogP contribution in [0.2, 0.25) is 0 Å². The van der Waals surface area contributed by atoms with Gasteiger partial charge in [-0.05, 0) is 76.5 Å². The van der Waals surface area contributed by atoms with E-state index < -0.39 is 23.7 Å². The molecule has 162 valence electrons. The first kappa shape index (κ1) is 23.0. The van der Waals surface area contributed by atoms with Crippen LogP contribution in [0, 0.1) is 5.92 Å². The first-order valence-electron chi connectivity index (χ1n) is 10.1. The van der Waals surface area contributed by atoms with Crippen molar-refractivity contribution >= 4 is 12.1 Å². The van der Waals surface area contributed by atoms with Crippen LogP contribution in [-0.4, -0.2) is 42.0 Å². The maximum Gasteiger partial charge on any atom is 0.408 e. The number of nitrogens with one attached hydrogen (secondary N) is 1. The van der Waals surface area contributed by atoms with E-state index in [4.69, 9.17) is 14.2 Å². The summed E-state index contributed by atoms with van der Waals surface area (Å²) in [5, 5.41) is 11.9. The number of methoxy groups -OCH3 is 1. The first-order valence-corrected chi connectivity index (χ1v) is 10.1. The standard InChI is InChI=1S/C22H33NO6/c1-22(2,3)29-21(26)23-19(20(24)25)13-15-5-11-18(12-6-15)28-14-16-7-9-17(27-4)10-8-16/h7-10,15,18-19H,5-6,11-14H2,1-4H3,(H,23,26)(H,24,25)/t15-,18-,19?. The number of carbonyl (C=O) groups excluding carboxylic acids is 1. The summed E-state index contributed by atoms with van der Waals surface area (Å²) in [7, 11) is 1.64. The van der Waals surface area contributed by atoms with Gasteiger partial charge < -0.3 is 24.6 Å². The zero-order valence-electron chi connectivity index (χ0n) is 17.8. The number of hydrogen-bond acceptors (Lipinski definition) is 5. The van der Waals surface area contributed by atoms with E-state index in [-0.39, 0.29) is 12.0 Å². The van der Waals surface area contributed by atoms with E-state index in [1.807, 2.05) is 24.3 Å². The largest absolute Gasteiger partial charge is 0.497 e. The second-order valence-corrected chi connectivity index (χ2v) is 8.57. The summed E-state index contributed by atoms with van der Waals surface area (Å²) in [6, 6.07) is 6.87. The van der Waals surface area contributed by atoms with Gasteiger partial charge in [0.25, 0.3) is 0 Å². The average molecular weight is 408 g/mol. The Morgan fingerprint density at radius 1 is 1.14 bits per heavy atom. The lowest BCUT2D eigenvalue weighted by atomic mass is 9.83. The van der Waals surface area contributed by atoms with Gasteiger partial charge in [0, 0.05) is 0 Å². The molecule has 7 nitrogen and oxygen atoms in total. The Morgan fingerprint density at radius 2 is 1.76 bits per heavy atom. The van der Waals surface area contributed by atoms with Gasteiger partial charge in [-0.15, -0.1) is 0 Å². The highest BCUT2D eigenvalue weighted by Gasteiger charge is 2.29. The Balaban J connectivity index is 1.75. The van der Waals surface area contributed by atoms with Crippen molar-refractivity contribution in [3.63, 3.8) is 0 Å². The molecule has 1 saturated carbocycles. The van der Waals surface area contributed by atoms with Gasteiger partial charge in [0.1, 0.15) is 17.4 Å². The van der Waals surface area contributed by atoms with Gasteiger partial charge in [-0.3, -0.25) is 0 Å². The van der Waals surface area contributed by atoms with Crippen LogP contribution >= 0.6 is 0 Å². The Hall–Kier alpha value is -2.28. The van der Waals surface area contributed by atoms with Crippen molar-refractivity contribution in [3.8, 4) is 5.75 Å². The van der Waals surface area contributed by atoms with Gasteiger partial charge in [0.15, 0.2) is 0 Å². The molecule has 1 aromatic rings. The number of carboxylic acid groups (broad SMARTS) is 1. The summed E-state index contributed by atoms with van der Waals surface area (Å²) < 4.78 is 16.3. The van der Waals surface area contributed by atoms with Crippen LogP contribution in [-0.2, 0) is 20.9 Å². The van der Waals surface area contributed by atoms with Crippen LogP contribution in [0.5, 0.6) is 5.75 Å². The van der Waals surface area contributed by atoms with Crippen molar-refractivity contribution in [3.05, 3.63) is 29.8 Å². The second-order valence-electron chi connectivity index (χ2n) is 8.57. The fourth-order valence-corrected chi connectivity index (χ4v) is 3.47. The summed E-state index contributed by atoms with van der Waals surface area (Å²) in [4.78, 5) is 23.4. The van der Waals surface area contributed by atoms with Crippen molar-refractivity contribution in [1.29, 1.82) is 0 Å². The monoisotopic (exact) mass is 407 g/mol. The maximum absolute atomic E-state index is 11.9. The third-order valence-corrected chi connectivity index (χ3v) is 5.00. The van der Waals surface area contributed by atoms with E-state index in [2.05, 4.69) is 5.32 Å². The molecular weight excluding hydrogens is 374 g/mol. The minimum Gasteiger partial charge on any atom is -0.497 e. The number of carboxylic acids is 1. The van der Waals surface area contributed by atoms with Crippen molar-refractivity contribution in [2.24, 2.45) is 5.92 Å². The van der Waals surface area contributed by atoms with E-state index in [0.717, 1.165) is 37.0 Å². The number of ether oxygens (including phenoxy) is 3. The minimum absolute atomic E-state index is 0.176. The van der Waals surface area contributed by atoms with Gasteiger partial charge in [0.2, 0.25) is 0 Å². The average Bonchev–Trinajstić information content (AvgIpc) is 2.65. The summed E-state index contributed by atoms with van der Waals surface area (Å²) in [5.41, 5.74) is 0.437. The Morgan fingerprint density at radius 3 is 2.28 bits per heavy atom. The van der Waals surface area contributed by atoms with Gasteiger partial charge in [-0.2, -0.15) is 0 Å². The molecule has 2 N–H and O–H groups in total. The lowest BCUT2D eigenvalue weighted by molar-refractivity contribution is -0.140. The molecule has 29 heavy (non-hydrogen) atoms. The summed E-state index contributed by atoms with van der Waals surface area (Å²) in [6.45, 7) is 5.79. The molecule has 0 saturated heterocycles. The van der Waals surface area contributed by atoms with Gasteiger partial charge in [-0.1, -0.05) is 12.1 Å². The molecule has 1 atom stereocenters. The highest BCUT2D eigenvalue weighted by atomic mass is 16.6. The zero-order chi connectivity index (χ0) is 21.4. The number of carbonyl (C=O) groups is 2. The van der Waals surface area contributed by atoms with Crippen LogP contribution in [0.3, 0.4) is 0 Å². The number of alkyl carbamates (subject to hydrolysis) is 1. The molecule has 7 heteroatoms. The maximum atomic E-state index is 11.9. The number of benzene rings is 1. The minimum atomic E-state index is -1.03. The van der Waals surface area contributed by atoms with E-state index in [0.29, 0.717) is 13.0 Å². The van der Waals surface area contributed by atoms with Crippen LogP contribution in [0.25, 0.3) is 0 Å². The van der Waals surface area contributed by atoms with Crippen molar-refractivity contribution in [1.82, 2.24) is 5.32 Å². The molecule has 1 unspecified atom stereocenters. The SMILES string of the molecule is COc1ccc(CO[C@H]2CC[C@H](CC(NC(=O)OC(C)(C)C)C(=O)O)CC2)cc1. The van der Waals surface area contributed by atoms with Crippen LogP contribution in [0.15, 0.2) is 24.3 Å². The van der Waals surface area contributed by atoms with Crippen molar-refractivity contribution in [2.75, 3.05) is 7.11 Å². The second kappa shape index (κ2) is 10.5. The summed E-state index contributed by atoms with van der Waals surface area (Å²) in [6.07, 6.45) is 3.43. The molecule has 1 fully saturated rings. The van der Waals surface area contributed by atoms with Crippen LogP contribution in [0.4, 0.5) is 4.79 Å². The third-order valence-electron chi connectivity index (χ3n) is 5.00. The molecule has 0 aromatic heterocycles. The molecule has 0 aliphatic heterocycles. The summed E-state index contributed by atoms with van der Waals surface area (Å²) >= 11 is 0. The van der Waals surface area contributed by atoms with Crippen LogP contribution < -0.4 is 10.1 Å². The lowest BCUT2D eigenvalue weighted by Gasteiger charge is -2.30. The Kier molecular flexibility index (Phi) is 8.32. The number of hydrogen-bond donors (Lipinski definition) is 2.